The van der Waals surface area contributed by atoms with Crippen LogP contribution in [0.25, 0.3) is 11.7 Å². The van der Waals surface area contributed by atoms with Crippen LogP contribution in [0.15, 0.2) is 39.2 Å². The van der Waals surface area contributed by atoms with Gasteiger partial charge in [0.05, 0.1) is 0 Å². The highest BCUT2D eigenvalue weighted by Crippen LogP contribution is 2.29. The number of benzene rings is 1. The molecule has 1 aromatic carbocycles. The number of nitriles is 1. The molecule has 140 valence electrons. The minimum atomic E-state index is 0.262. The Morgan fingerprint density at radius 2 is 1.85 bits per heavy atom. The van der Waals surface area contributed by atoms with Gasteiger partial charge in [-0.25, -0.2) is 0 Å². The van der Waals surface area contributed by atoms with E-state index in [1.165, 1.54) is 11.1 Å². The van der Waals surface area contributed by atoms with Crippen LogP contribution >= 0.6 is 0 Å². The molecule has 2 heterocycles. The van der Waals surface area contributed by atoms with Crippen molar-refractivity contribution in [2.24, 2.45) is 0 Å². The number of nitrogens with zero attached hydrogens (tertiary/aromatic N) is 3. The molecule has 0 bridgehead atoms. The van der Waals surface area contributed by atoms with Gasteiger partial charge in [-0.3, -0.25) is 0 Å². The fraction of sp³-hybridized carbons (Fsp3) is 0.333. The third-order valence-corrected chi connectivity index (χ3v) is 4.50. The van der Waals surface area contributed by atoms with Crippen molar-refractivity contribution >= 4 is 5.88 Å². The first-order valence-electron chi connectivity index (χ1n) is 9.00. The summed E-state index contributed by atoms with van der Waals surface area (Å²) >= 11 is 0. The van der Waals surface area contributed by atoms with Crippen molar-refractivity contribution < 1.29 is 13.6 Å². The Morgan fingerprint density at radius 1 is 1.07 bits per heavy atom. The van der Waals surface area contributed by atoms with Gasteiger partial charge in [0.2, 0.25) is 11.6 Å². The van der Waals surface area contributed by atoms with Crippen LogP contribution in [0, 0.1) is 25.2 Å². The molecule has 6 heteroatoms. The standard InChI is InChI=1S/C21H23N3O3/c1-5-24(6-2)21-18(12-22)23-20(27-21)19-10-9-17(26-19)13-25-16-8-7-14(3)15(4)11-16/h7-11H,5-6,13H2,1-4H3. The Bertz CT molecular complexity index is 961. The van der Waals surface area contributed by atoms with Crippen molar-refractivity contribution in [2.45, 2.75) is 34.3 Å². The number of hydrogen-bond donors (Lipinski definition) is 0. The molecular weight excluding hydrogens is 342 g/mol. The fourth-order valence-corrected chi connectivity index (χ4v) is 2.74. The Morgan fingerprint density at radius 3 is 2.52 bits per heavy atom. The molecule has 0 aliphatic carbocycles. The summed E-state index contributed by atoms with van der Waals surface area (Å²) in [5.74, 6) is 2.70. The highest BCUT2D eigenvalue weighted by atomic mass is 16.5. The van der Waals surface area contributed by atoms with Crippen LogP contribution in [0.3, 0.4) is 0 Å². The molecule has 6 nitrogen and oxygen atoms in total. The molecule has 3 aromatic rings. The molecule has 0 N–H and O–H groups in total. The van der Waals surface area contributed by atoms with Gasteiger partial charge in [0.15, 0.2) is 5.76 Å². The van der Waals surface area contributed by atoms with Crippen LogP contribution in [-0.2, 0) is 6.61 Å². The third-order valence-electron chi connectivity index (χ3n) is 4.50. The predicted octanol–water partition coefficient (Wildman–Crippen LogP) is 4.85. The van der Waals surface area contributed by atoms with Gasteiger partial charge in [-0.05, 0) is 63.1 Å². The van der Waals surface area contributed by atoms with Crippen LogP contribution in [0.1, 0.15) is 36.4 Å². The molecule has 0 saturated heterocycles. The SMILES string of the molecule is CCN(CC)c1oc(-c2ccc(COc3ccc(C)c(C)c3)o2)nc1C#N. The van der Waals surface area contributed by atoms with Gasteiger partial charge >= 0.3 is 0 Å². The summed E-state index contributed by atoms with van der Waals surface area (Å²) in [5.41, 5.74) is 2.67. The molecule has 3 rings (SSSR count). The van der Waals surface area contributed by atoms with Crippen molar-refractivity contribution in [3.05, 3.63) is 52.9 Å². The summed E-state index contributed by atoms with van der Waals surface area (Å²) in [7, 11) is 0. The van der Waals surface area contributed by atoms with E-state index in [1.54, 1.807) is 6.07 Å². The number of anilines is 1. The van der Waals surface area contributed by atoms with Gasteiger partial charge in [0, 0.05) is 13.1 Å². The molecular formula is C21H23N3O3. The highest BCUT2D eigenvalue weighted by Gasteiger charge is 2.20. The maximum absolute atomic E-state index is 9.33. The van der Waals surface area contributed by atoms with Gasteiger partial charge in [-0.2, -0.15) is 10.2 Å². The van der Waals surface area contributed by atoms with Gasteiger partial charge in [0.1, 0.15) is 24.2 Å². The monoisotopic (exact) mass is 365 g/mol. The second kappa shape index (κ2) is 8.00. The molecule has 2 aromatic heterocycles. The molecule has 0 saturated carbocycles. The van der Waals surface area contributed by atoms with Crippen LogP contribution in [0.2, 0.25) is 0 Å². The van der Waals surface area contributed by atoms with Crippen molar-refractivity contribution in [2.75, 3.05) is 18.0 Å². The number of hydrogen-bond acceptors (Lipinski definition) is 6. The molecule has 0 aliphatic rings. The summed E-state index contributed by atoms with van der Waals surface area (Å²) in [6.45, 7) is 9.88. The quantitative estimate of drug-likeness (QED) is 0.596. The van der Waals surface area contributed by atoms with E-state index < -0.39 is 0 Å². The zero-order chi connectivity index (χ0) is 19.4. The van der Waals surface area contributed by atoms with Crippen molar-refractivity contribution in [3.63, 3.8) is 0 Å². The summed E-state index contributed by atoms with van der Waals surface area (Å²) in [6.07, 6.45) is 0. The second-order valence-electron chi connectivity index (χ2n) is 6.26. The third kappa shape index (κ3) is 3.98. The van der Waals surface area contributed by atoms with Crippen molar-refractivity contribution in [3.8, 4) is 23.5 Å². The van der Waals surface area contributed by atoms with Crippen molar-refractivity contribution in [1.82, 2.24) is 4.98 Å². The highest BCUT2D eigenvalue weighted by molar-refractivity contribution is 5.55. The van der Waals surface area contributed by atoms with Crippen LogP contribution < -0.4 is 9.64 Å². The minimum absolute atomic E-state index is 0.262. The fourth-order valence-electron chi connectivity index (χ4n) is 2.74. The van der Waals surface area contributed by atoms with Gasteiger partial charge in [-0.15, -0.1) is 0 Å². The summed E-state index contributed by atoms with van der Waals surface area (Å²) in [6, 6.07) is 11.7. The molecule has 0 amide bonds. The smallest absolute Gasteiger partial charge is 0.266 e. The normalized spacial score (nSPS) is 10.6. The molecule has 0 aliphatic heterocycles. The minimum Gasteiger partial charge on any atom is -0.486 e. The first-order valence-corrected chi connectivity index (χ1v) is 9.00. The lowest BCUT2D eigenvalue weighted by Crippen LogP contribution is -2.22. The Kier molecular flexibility index (Phi) is 5.51. The average Bonchev–Trinajstić information content (AvgIpc) is 3.31. The molecule has 0 radical (unpaired) electrons. The van der Waals surface area contributed by atoms with E-state index in [4.69, 9.17) is 13.6 Å². The number of aryl methyl sites for hydroxylation is 2. The second-order valence-corrected chi connectivity index (χ2v) is 6.26. The zero-order valence-corrected chi connectivity index (χ0v) is 16.1. The van der Waals surface area contributed by atoms with E-state index in [1.807, 2.05) is 43.0 Å². The molecule has 0 atom stereocenters. The van der Waals surface area contributed by atoms with Gasteiger partial charge < -0.3 is 18.5 Å². The summed E-state index contributed by atoms with van der Waals surface area (Å²) in [5, 5.41) is 9.33. The predicted molar refractivity (Wildman–Crippen MR) is 103 cm³/mol. The number of ether oxygens (including phenoxy) is 1. The number of furan rings is 1. The zero-order valence-electron chi connectivity index (χ0n) is 16.1. The Balaban J connectivity index is 1.75. The van der Waals surface area contributed by atoms with E-state index >= 15 is 0 Å². The largest absolute Gasteiger partial charge is 0.486 e. The molecule has 27 heavy (non-hydrogen) atoms. The van der Waals surface area contributed by atoms with Gasteiger partial charge in [-0.1, -0.05) is 6.07 Å². The Labute approximate surface area is 159 Å². The van der Waals surface area contributed by atoms with Crippen LogP contribution in [0.4, 0.5) is 5.88 Å². The maximum atomic E-state index is 9.33. The van der Waals surface area contributed by atoms with Crippen molar-refractivity contribution in [1.29, 1.82) is 5.26 Å². The van der Waals surface area contributed by atoms with E-state index in [-0.39, 0.29) is 5.69 Å². The van der Waals surface area contributed by atoms with E-state index in [0.717, 1.165) is 18.8 Å². The van der Waals surface area contributed by atoms with E-state index in [0.29, 0.717) is 29.9 Å². The summed E-state index contributed by atoms with van der Waals surface area (Å²) < 4.78 is 17.4. The first kappa shape index (κ1) is 18.6. The first-order chi connectivity index (χ1) is 13.0. The molecule has 0 fully saturated rings. The van der Waals surface area contributed by atoms with Gasteiger partial charge in [0.25, 0.3) is 5.89 Å². The summed E-state index contributed by atoms with van der Waals surface area (Å²) in [4.78, 5) is 6.21. The Hall–Kier alpha value is -3.20. The number of aromatic nitrogens is 1. The molecule has 0 unspecified atom stereocenters. The average molecular weight is 365 g/mol. The van der Waals surface area contributed by atoms with Crippen LogP contribution in [-0.4, -0.2) is 18.1 Å². The topological polar surface area (TPSA) is 75.4 Å². The van der Waals surface area contributed by atoms with E-state index in [2.05, 4.69) is 24.9 Å². The lowest BCUT2D eigenvalue weighted by molar-refractivity contribution is 0.271. The number of rotatable bonds is 7. The maximum Gasteiger partial charge on any atom is 0.266 e. The lowest BCUT2D eigenvalue weighted by atomic mass is 10.1. The molecule has 0 spiro atoms. The van der Waals surface area contributed by atoms with E-state index in [9.17, 15) is 5.26 Å². The number of oxazole rings is 1. The van der Waals surface area contributed by atoms with Crippen LogP contribution in [0.5, 0.6) is 5.75 Å². The lowest BCUT2D eigenvalue weighted by Gasteiger charge is -2.16.